The smallest absolute Gasteiger partial charge is 0.267 e. The van der Waals surface area contributed by atoms with Gasteiger partial charge < -0.3 is 14.8 Å². The second-order valence-electron chi connectivity index (χ2n) is 5.84. The number of carbonyl (C=O) groups is 1. The lowest BCUT2D eigenvalue weighted by Crippen LogP contribution is -2.29. The monoisotopic (exact) mass is 367 g/mol. The third-order valence-corrected chi connectivity index (χ3v) is 3.94. The Kier molecular flexibility index (Phi) is 4.29. The number of hydrogen-bond acceptors (Lipinski definition) is 5. The number of rotatable bonds is 4. The van der Waals surface area contributed by atoms with Crippen LogP contribution in [0.2, 0.25) is 0 Å². The minimum absolute atomic E-state index is 0.159. The molecule has 0 saturated heterocycles. The Bertz CT molecular complexity index is 1080. The van der Waals surface area contributed by atoms with E-state index in [1.54, 1.807) is 30.3 Å². The van der Waals surface area contributed by atoms with Crippen molar-refractivity contribution in [2.45, 2.75) is 6.54 Å². The SMILES string of the molecule is O=C(Cn1nc(-c2ccc3c(c2)OCO3)ccc1=O)Nc1cccc(F)c1. The first-order chi connectivity index (χ1) is 13.1. The minimum atomic E-state index is -0.488. The first-order valence-corrected chi connectivity index (χ1v) is 8.12. The van der Waals surface area contributed by atoms with Gasteiger partial charge in [-0.25, -0.2) is 9.07 Å². The zero-order valence-electron chi connectivity index (χ0n) is 14.0. The summed E-state index contributed by atoms with van der Waals surface area (Å²) in [7, 11) is 0. The Labute approximate surface area is 153 Å². The van der Waals surface area contributed by atoms with Crippen LogP contribution in [0.5, 0.6) is 11.5 Å². The molecule has 0 aliphatic carbocycles. The van der Waals surface area contributed by atoms with Gasteiger partial charge >= 0.3 is 0 Å². The number of ether oxygens (including phenoxy) is 2. The van der Waals surface area contributed by atoms with E-state index in [4.69, 9.17) is 9.47 Å². The van der Waals surface area contributed by atoms with Gasteiger partial charge in [-0.05, 0) is 42.5 Å². The standard InChI is InChI=1S/C19H14FN3O4/c20-13-2-1-3-14(9-13)21-18(24)10-23-19(25)7-5-15(22-23)12-4-6-16-17(8-12)27-11-26-16/h1-9H,10-11H2,(H,21,24). The topological polar surface area (TPSA) is 82.5 Å². The first-order valence-electron chi connectivity index (χ1n) is 8.12. The van der Waals surface area contributed by atoms with Crippen molar-refractivity contribution >= 4 is 11.6 Å². The summed E-state index contributed by atoms with van der Waals surface area (Å²) in [6, 6.07) is 13.7. The summed E-state index contributed by atoms with van der Waals surface area (Å²) in [6.07, 6.45) is 0. The molecule has 1 aliphatic rings. The summed E-state index contributed by atoms with van der Waals surface area (Å²) in [6.45, 7) is -0.139. The number of nitrogens with zero attached hydrogens (tertiary/aromatic N) is 2. The Balaban J connectivity index is 1.55. The lowest BCUT2D eigenvalue weighted by molar-refractivity contribution is -0.117. The van der Waals surface area contributed by atoms with Gasteiger partial charge in [0.05, 0.1) is 5.69 Å². The van der Waals surface area contributed by atoms with E-state index < -0.39 is 17.3 Å². The van der Waals surface area contributed by atoms with Gasteiger partial charge in [0, 0.05) is 17.3 Å². The largest absolute Gasteiger partial charge is 0.454 e. The molecule has 0 unspecified atom stereocenters. The Morgan fingerprint density at radius 2 is 1.96 bits per heavy atom. The van der Waals surface area contributed by atoms with Crippen LogP contribution in [-0.2, 0) is 11.3 Å². The van der Waals surface area contributed by atoms with Crippen molar-refractivity contribution < 1.29 is 18.7 Å². The lowest BCUT2D eigenvalue weighted by atomic mass is 10.1. The molecule has 1 N–H and O–H groups in total. The summed E-state index contributed by atoms with van der Waals surface area (Å²) in [4.78, 5) is 24.2. The predicted octanol–water partition coefficient (Wildman–Crippen LogP) is 2.42. The van der Waals surface area contributed by atoms with E-state index in [0.717, 1.165) is 10.2 Å². The normalized spacial score (nSPS) is 12.0. The van der Waals surface area contributed by atoms with Crippen molar-refractivity contribution in [3.63, 3.8) is 0 Å². The third kappa shape index (κ3) is 3.64. The fourth-order valence-electron chi connectivity index (χ4n) is 2.67. The maximum atomic E-state index is 13.2. The molecule has 2 heterocycles. The number of amides is 1. The molecular formula is C19H14FN3O4. The van der Waals surface area contributed by atoms with Crippen LogP contribution in [-0.4, -0.2) is 22.5 Å². The van der Waals surface area contributed by atoms with Gasteiger partial charge in [-0.1, -0.05) is 6.07 Å². The van der Waals surface area contributed by atoms with Gasteiger partial charge in [0.2, 0.25) is 12.7 Å². The van der Waals surface area contributed by atoms with E-state index in [1.165, 1.54) is 24.3 Å². The second-order valence-corrected chi connectivity index (χ2v) is 5.84. The van der Waals surface area contributed by atoms with Crippen molar-refractivity contribution in [2.24, 2.45) is 0 Å². The Morgan fingerprint density at radius 3 is 2.81 bits per heavy atom. The molecule has 3 aromatic rings. The molecule has 2 aromatic carbocycles. The summed E-state index contributed by atoms with van der Waals surface area (Å²) in [5, 5.41) is 6.78. The number of halogens is 1. The van der Waals surface area contributed by atoms with Gasteiger partial charge in [-0.2, -0.15) is 5.10 Å². The van der Waals surface area contributed by atoms with Crippen LogP contribution in [0.3, 0.4) is 0 Å². The van der Waals surface area contributed by atoms with E-state index in [9.17, 15) is 14.0 Å². The molecule has 1 aromatic heterocycles. The summed E-state index contributed by atoms with van der Waals surface area (Å²) < 4.78 is 24.9. The van der Waals surface area contributed by atoms with Gasteiger partial charge in [-0.3, -0.25) is 9.59 Å². The number of nitrogens with one attached hydrogen (secondary N) is 1. The molecule has 1 aliphatic heterocycles. The van der Waals surface area contributed by atoms with Crippen LogP contribution in [0.25, 0.3) is 11.3 Å². The van der Waals surface area contributed by atoms with E-state index in [0.29, 0.717) is 22.9 Å². The van der Waals surface area contributed by atoms with Crippen molar-refractivity contribution in [1.29, 1.82) is 0 Å². The zero-order valence-corrected chi connectivity index (χ0v) is 14.0. The molecule has 0 bridgehead atoms. The molecule has 7 nitrogen and oxygen atoms in total. The number of anilines is 1. The third-order valence-electron chi connectivity index (χ3n) is 3.94. The van der Waals surface area contributed by atoms with E-state index in [-0.39, 0.29) is 13.3 Å². The molecule has 8 heteroatoms. The average Bonchev–Trinajstić information content (AvgIpc) is 3.11. The molecule has 4 rings (SSSR count). The number of aromatic nitrogens is 2. The van der Waals surface area contributed by atoms with Crippen LogP contribution in [0.15, 0.2) is 59.4 Å². The molecule has 0 atom stereocenters. The number of fused-ring (bicyclic) bond motifs is 1. The Morgan fingerprint density at radius 1 is 1.11 bits per heavy atom. The highest BCUT2D eigenvalue weighted by molar-refractivity contribution is 5.90. The quantitative estimate of drug-likeness (QED) is 0.766. The van der Waals surface area contributed by atoms with Gasteiger partial charge in [0.15, 0.2) is 11.5 Å². The highest BCUT2D eigenvalue weighted by Crippen LogP contribution is 2.35. The molecule has 27 heavy (non-hydrogen) atoms. The highest BCUT2D eigenvalue weighted by Gasteiger charge is 2.15. The van der Waals surface area contributed by atoms with Crippen LogP contribution in [0, 0.1) is 5.82 Å². The van der Waals surface area contributed by atoms with Gasteiger partial charge in [0.25, 0.3) is 5.56 Å². The average molecular weight is 367 g/mol. The molecule has 136 valence electrons. The predicted molar refractivity (Wildman–Crippen MR) is 95.1 cm³/mol. The molecule has 0 saturated carbocycles. The molecule has 0 spiro atoms. The van der Waals surface area contributed by atoms with E-state index in [2.05, 4.69) is 10.4 Å². The van der Waals surface area contributed by atoms with Crippen molar-refractivity contribution in [3.8, 4) is 22.8 Å². The fourth-order valence-corrected chi connectivity index (χ4v) is 2.67. The Hall–Kier alpha value is -3.68. The minimum Gasteiger partial charge on any atom is -0.454 e. The second kappa shape index (κ2) is 6.91. The van der Waals surface area contributed by atoms with Crippen LogP contribution in [0.1, 0.15) is 0 Å². The van der Waals surface area contributed by atoms with Gasteiger partial charge in [-0.15, -0.1) is 0 Å². The lowest BCUT2D eigenvalue weighted by Gasteiger charge is -2.09. The maximum absolute atomic E-state index is 13.2. The first kappa shape index (κ1) is 16.8. The molecule has 0 radical (unpaired) electrons. The molecular weight excluding hydrogens is 353 g/mol. The molecule has 0 fully saturated rings. The van der Waals surface area contributed by atoms with Crippen molar-refractivity contribution in [2.75, 3.05) is 12.1 Å². The van der Waals surface area contributed by atoms with Crippen LogP contribution in [0.4, 0.5) is 10.1 Å². The van der Waals surface area contributed by atoms with Crippen LogP contribution >= 0.6 is 0 Å². The van der Waals surface area contributed by atoms with Crippen LogP contribution < -0.4 is 20.3 Å². The number of benzene rings is 2. The van der Waals surface area contributed by atoms with Crippen molar-refractivity contribution in [1.82, 2.24) is 9.78 Å². The maximum Gasteiger partial charge on any atom is 0.267 e. The molecule has 1 amide bonds. The summed E-state index contributed by atoms with van der Waals surface area (Å²) in [5.74, 6) is 0.281. The number of hydrogen-bond donors (Lipinski definition) is 1. The van der Waals surface area contributed by atoms with E-state index >= 15 is 0 Å². The van der Waals surface area contributed by atoms with Crippen molar-refractivity contribution in [3.05, 3.63) is 70.8 Å². The summed E-state index contributed by atoms with van der Waals surface area (Å²) in [5.41, 5.74) is 1.11. The summed E-state index contributed by atoms with van der Waals surface area (Å²) >= 11 is 0. The fraction of sp³-hybridized carbons (Fsp3) is 0.105. The number of carbonyl (C=O) groups excluding carboxylic acids is 1. The zero-order chi connectivity index (χ0) is 18.8. The highest BCUT2D eigenvalue weighted by atomic mass is 19.1. The van der Waals surface area contributed by atoms with E-state index in [1.807, 2.05) is 0 Å². The van der Waals surface area contributed by atoms with Gasteiger partial charge in [0.1, 0.15) is 12.4 Å².